The highest BCUT2D eigenvalue weighted by Gasteiger charge is 2.25. The van der Waals surface area contributed by atoms with Gasteiger partial charge in [0, 0.05) is 19.1 Å². The van der Waals surface area contributed by atoms with E-state index in [4.69, 9.17) is 17.0 Å². The largest absolute Gasteiger partial charge is 0.450 e. The van der Waals surface area contributed by atoms with Crippen LogP contribution in [0.5, 0.6) is 0 Å². The van der Waals surface area contributed by atoms with Gasteiger partial charge in [0.15, 0.2) is 10.6 Å². The SMILES string of the molecule is CCOC(=O)N1CCC(NC(=O)Cn2c(-c3cccs3)n[nH]c2=S)CC1. The molecule has 0 unspecified atom stereocenters. The number of piperidine rings is 1. The van der Waals surface area contributed by atoms with Crippen LogP contribution in [0, 0.1) is 4.77 Å². The number of thiophene rings is 1. The molecule has 2 aromatic rings. The van der Waals surface area contributed by atoms with E-state index in [0.717, 1.165) is 4.88 Å². The Labute approximate surface area is 160 Å². The number of hydrogen-bond donors (Lipinski definition) is 2. The second-order valence-electron chi connectivity index (χ2n) is 5.94. The van der Waals surface area contributed by atoms with E-state index in [2.05, 4.69) is 15.5 Å². The molecule has 1 fully saturated rings. The van der Waals surface area contributed by atoms with Crippen LogP contribution in [0.15, 0.2) is 17.5 Å². The first-order valence-corrected chi connectivity index (χ1v) is 9.77. The van der Waals surface area contributed by atoms with Crippen molar-refractivity contribution in [2.24, 2.45) is 0 Å². The van der Waals surface area contributed by atoms with E-state index in [1.165, 1.54) is 0 Å². The number of ether oxygens (including phenoxy) is 1. The van der Waals surface area contributed by atoms with Crippen molar-refractivity contribution in [3.05, 3.63) is 22.3 Å². The van der Waals surface area contributed by atoms with Gasteiger partial charge >= 0.3 is 6.09 Å². The van der Waals surface area contributed by atoms with E-state index in [1.807, 2.05) is 17.5 Å². The molecule has 2 N–H and O–H groups in total. The van der Waals surface area contributed by atoms with Crippen molar-refractivity contribution < 1.29 is 14.3 Å². The molecule has 1 aliphatic rings. The Morgan fingerprint density at radius 2 is 2.23 bits per heavy atom. The molecule has 0 atom stereocenters. The number of hydrogen-bond acceptors (Lipinski definition) is 6. The summed E-state index contributed by atoms with van der Waals surface area (Å²) in [6.45, 7) is 3.43. The molecule has 10 heteroatoms. The number of carbonyl (C=O) groups is 2. The zero-order chi connectivity index (χ0) is 18.5. The van der Waals surface area contributed by atoms with Gasteiger partial charge in [-0.1, -0.05) is 6.07 Å². The summed E-state index contributed by atoms with van der Waals surface area (Å²) < 4.78 is 7.12. The number of nitrogens with one attached hydrogen (secondary N) is 2. The molecular formula is C16H21N5O3S2. The Balaban J connectivity index is 1.55. The minimum atomic E-state index is -0.289. The van der Waals surface area contributed by atoms with Crippen LogP contribution < -0.4 is 5.32 Å². The van der Waals surface area contributed by atoms with E-state index < -0.39 is 0 Å². The summed E-state index contributed by atoms with van der Waals surface area (Å²) in [4.78, 5) is 26.8. The molecule has 140 valence electrons. The Kier molecular flexibility index (Phi) is 6.04. The van der Waals surface area contributed by atoms with Crippen molar-refractivity contribution in [3.63, 3.8) is 0 Å². The molecule has 0 saturated carbocycles. The van der Waals surface area contributed by atoms with Crippen LogP contribution in [0.4, 0.5) is 4.79 Å². The third-order valence-electron chi connectivity index (χ3n) is 4.19. The van der Waals surface area contributed by atoms with Crippen molar-refractivity contribution in [1.29, 1.82) is 0 Å². The van der Waals surface area contributed by atoms with Gasteiger partial charge in [0.05, 0.1) is 11.5 Å². The predicted octanol–water partition coefficient (Wildman–Crippen LogP) is 2.41. The highest BCUT2D eigenvalue weighted by atomic mass is 32.1. The first kappa shape index (κ1) is 18.6. The summed E-state index contributed by atoms with van der Waals surface area (Å²) in [6.07, 6.45) is 1.13. The maximum Gasteiger partial charge on any atom is 0.409 e. The van der Waals surface area contributed by atoms with Gasteiger partial charge < -0.3 is 15.0 Å². The van der Waals surface area contributed by atoms with Crippen LogP contribution in [0.3, 0.4) is 0 Å². The van der Waals surface area contributed by atoms with Crippen LogP contribution in [-0.2, 0) is 16.1 Å². The Morgan fingerprint density at radius 3 is 2.88 bits per heavy atom. The minimum Gasteiger partial charge on any atom is -0.450 e. The molecule has 26 heavy (non-hydrogen) atoms. The highest BCUT2D eigenvalue weighted by molar-refractivity contribution is 7.71. The zero-order valence-corrected chi connectivity index (χ0v) is 16.1. The fourth-order valence-electron chi connectivity index (χ4n) is 2.90. The lowest BCUT2D eigenvalue weighted by Gasteiger charge is -2.31. The molecular weight excluding hydrogens is 374 g/mol. The second-order valence-corrected chi connectivity index (χ2v) is 7.28. The van der Waals surface area contributed by atoms with Crippen molar-refractivity contribution >= 4 is 35.6 Å². The average Bonchev–Trinajstić information content (AvgIpc) is 3.26. The molecule has 1 saturated heterocycles. The normalized spacial score (nSPS) is 15.0. The summed E-state index contributed by atoms with van der Waals surface area (Å²) in [6, 6.07) is 3.91. The summed E-state index contributed by atoms with van der Waals surface area (Å²) in [5.41, 5.74) is 0. The quantitative estimate of drug-likeness (QED) is 0.759. The van der Waals surface area contributed by atoms with E-state index in [1.54, 1.807) is 27.7 Å². The minimum absolute atomic E-state index is 0.0411. The number of H-pyrrole nitrogens is 1. The zero-order valence-electron chi connectivity index (χ0n) is 14.4. The fraction of sp³-hybridized carbons (Fsp3) is 0.500. The topological polar surface area (TPSA) is 92.2 Å². The third-order valence-corrected chi connectivity index (χ3v) is 5.37. The molecule has 3 heterocycles. The molecule has 8 nitrogen and oxygen atoms in total. The van der Waals surface area contributed by atoms with Gasteiger partial charge in [-0.05, 0) is 43.4 Å². The van der Waals surface area contributed by atoms with Gasteiger partial charge in [0.2, 0.25) is 5.91 Å². The van der Waals surface area contributed by atoms with Crippen LogP contribution in [-0.4, -0.2) is 57.4 Å². The van der Waals surface area contributed by atoms with Crippen molar-refractivity contribution in [2.75, 3.05) is 19.7 Å². The Morgan fingerprint density at radius 1 is 1.46 bits per heavy atom. The van der Waals surface area contributed by atoms with Crippen LogP contribution >= 0.6 is 23.6 Å². The van der Waals surface area contributed by atoms with Crippen molar-refractivity contribution in [3.8, 4) is 10.7 Å². The van der Waals surface area contributed by atoms with E-state index in [9.17, 15) is 9.59 Å². The summed E-state index contributed by atoms with van der Waals surface area (Å²) >= 11 is 6.79. The molecule has 0 aromatic carbocycles. The maximum atomic E-state index is 12.4. The van der Waals surface area contributed by atoms with E-state index in [0.29, 0.717) is 43.1 Å². The maximum absolute atomic E-state index is 12.4. The molecule has 0 bridgehead atoms. The lowest BCUT2D eigenvalue weighted by Crippen LogP contribution is -2.47. The summed E-state index contributed by atoms with van der Waals surface area (Å²) in [7, 11) is 0. The molecule has 0 spiro atoms. The lowest BCUT2D eigenvalue weighted by atomic mass is 10.1. The van der Waals surface area contributed by atoms with Gasteiger partial charge in [-0.2, -0.15) is 5.10 Å². The summed E-state index contributed by atoms with van der Waals surface area (Å²) in [5, 5.41) is 12.0. The molecule has 3 rings (SSSR count). The molecule has 2 aromatic heterocycles. The fourth-order valence-corrected chi connectivity index (χ4v) is 3.82. The van der Waals surface area contributed by atoms with Crippen LogP contribution in [0.2, 0.25) is 0 Å². The monoisotopic (exact) mass is 395 g/mol. The first-order valence-electron chi connectivity index (χ1n) is 8.48. The van der Waals surface area contributed by atoms with Crippen molar-refractivity contribution in [1.82, 2.24) is 25.0 Å². The smallest absolute Gasteiger partial charge is 0.409 e. The standard InChI is InChI=1S/C16H21N5O3S2/c1-2-24-16(23)20-7-5-11(6-8-20)17-13(22)10-21-14(18-19-15(21)25)12-4-3-9-26-12/h3-4,9,11H,2,5-8,10H2,1H3,(H,17,22)(H,19,25). The van der Waals surface area contributed by atoms with Crippen LogP contribution in [0.25, 0.3) is 10.7 Å². The average molecular weight is 396 g/mol. The Hall–Kier alpha value is -2.20. The van der Waals surface area contributed by atoms with Gasteiger partial charge in [-0.25, -0.2) is 4.79 Å². The van der Waals surface area contributed by atoms with Gasteiger partial charge in [0.25, 0.3) is 0 Å². The number of rotatable bonds is 5. The van der Waals surface area contributed by atoms with E-state index >= 15 is 0 Å². The number of nitrogens with zero attached hydrogens (tertiary/aromatic N) is 3. The first-order chi connectivity index (χ1) is 12.6. The molecule has 1 aliphatic heterocycles. The third kappa shape index (κ3) is 4.31. The van der Waals surface area contributed by atoms with Gasteiger partial charge in [-0.15, -0.1) is 11.3 Å². The van der Waals surface area contributed by atoms with Gasteiger partial charge in [0.1, 0.15) is 6.54 Å². The number of aromatic nitrogens is 3. The lowest BCUT2D eigenvalue weighted by molar-refractivity contribution is -0.122. The van der Waals surface area contributed by atoms with Crippen LogP contribution in [0.1, 0.15) is 19.8 Å². The number of aromatic amines is 1. The highest BCUT2D eigenvalue weighted by Crippen LogP contribution is 2.22. The Bertz CT molecular complexity index is 806. The molecule has 0 radical (unpaired) electrons. The number of likely N-dealkylation sites (tertiary alicyclic amines) is 1. The predicted molar refractivity (Wildman–Crippen MR) is 100 cm³/mol. The number of amides is 2. The number of carbonyl (C=O) groups excluding carboxylic acids is 2. The van der Waals surface area contributed by atoms with Gasteiger partial charge in [-0.3, -0.25) is 14.5 Å². The van der Waals surface area contributed by atoms with Crippen molar-refractivity contribution in [2.45, 2.75) is 32.4 Å². The van der Waals surface area contributed by atoms with E-state index in [-0.39, 0.29) is 24.6 Å². The summed E-state index contributed by atoms with van der Waals surface area (Å²) in [5.74, 6) is 0.548. The molecule has 2 amide bonds. The second kappa shape index (κ2) is 8.45. The molecule has 0 aliphatic carbocycles.